The van der Waals surface area contributed by atoms with Gasteiger partial charge in [-0.2, -0.15) is 0 Å². The Morgan fingerprint density at radius 1 is 0.833 bits per heavy atom. The number of piperazine rings is 1. The third-order valence-corrected chi connectivity index (χ3v) is 5.66. The second kappa shape index (κ2) is 7.91. The van der Waals surface area contributed by atoms with Gasteiger partial charge in [-0.15, -0.1) is 20.4 Å². The molecule has 0 atom stereocenters. The van der Waals surface area contributed by atoms with Crippen molar-refractivity contribution in [3.8, 4) is 11.6 Å². The van der Waals surface area contributed by atoms with Crippen LogP contribution in [-0.2, 0) is 6.42 Å². The summed E-state index contributed by atoms with van der Waals surface area (Å²) in [5, 5.41) is 20.0. The van der Waals surface area contributed by atoms with E-state index in [0.29, 0.717) is 23.9 Å². The van der Waals surface area contributed by atoms with Crippen molar-refractivity contribution in [2.75, 3.05) is 36.0 Å². The van der Waals surface area contributed by atoms with Gasteiger partial charge in [-0.25, -0.2) is 0 Å². The number of anilines is 2. The van der Waals surface area contributed by atoms with E-state index in [1.54, 1.807) is 0 Å². The zero-order chi connectivity index (χ0) is 20.5. The van der Waals surface area contributed by atoms with Crippen LogP contribution in [0.3, 0.4) is 0 Å². The van der Waals surface area contributed by atoms with Crippen molar-refractivity contribution in [3.63, 3.8) is 0 Å². The lowest BCUT2D eigenvalue weighted by Gasteiger charge is -2.37. The summed E-state index contributed by atoms with van der Waals surface area (Å²) in [7, 11) is 0. The minimum absolute atomic E-state index is 0.412. The van der Waals surface area contributed by atoms with Crippen LogP contribution in [0.25, 0.3) is 22.4 Å². The van der Waals surface area contributed by atoms with Gasteiger partial charge in [0.15, 0.2) is 11.5 Å². The Balaban J connectivity index is 1.43. The molecule has 0 amide bonds. The molecule has 0 radical (unpaired) electrons. The first-order valence-corrected chi connectivity index (χ1v) is 10.4. The zero-order valence-electron chi connectivity index (χ0n) is 16.6. The van der Waals surface area contributed by atoms with Crippen molar-refractivity contribution < 1.29 is 4.42 Å². The molecule has 1 aliphatic heterocycles. The Hall–Kier alpha value is -3.19. The first-order valence-electron chi connectivity index (χ1n) is 10.1. The Labute approximate surface area is 179 Å². The molecule has 2 aromatic carbocycles. The molecule has 30 heavy (non-hydrogen) atoms. The average Bonchev–Trinajstić information content (AvgIpc) is 3.28. The Morgan fingerprint density at radius 2 is 1.53 bits per heavy atom. The highest BCUT2D eigenvalue weighted by molar-refractivity contribution is 6.30. The maximum absolute atomic E-state index is 6.02. The highest BCUT2D eigenvalue weighted by Gasteiger charge is 2.23. The summed E-state index contributed by atoms with van der Waals surface area (Å²) >= 11 is 6.02. The molecule has 2 aromatic heterocycles. The molecule has 1 aliphatic rings. The number of hydrogen-bond donors (Lipinski definition) is 0. The number of benzene rings is 2. The maximum atomic E-state index is 6.02. The van der Waals surface area contributed by atoms with Crippen LogP contribution in [0.1, 0.15) is 12.8 Å². The minimum Gasteiger partial charge on any atom is -0.419 e. The summed E-state index contributed by atoms with van der Waals surface area (Å²) in [6.07, 6.45) is 0.689. The van der Waals surface area contributed by atoms with Crippen molar-refractivity contribution >= 4 is 33.9 Å². The van der Waals surface area contributed by atoms with Crippen molar-refractivity contribution in [1.29, 1.82) is 0 Å². The normalized spacial score (nSPS) is 14.5. The Morgan fingerprint density at radius 3 is 2.23 bits per heavy atom. The molecule has 1 fully saturated rings. The third kappa shape index (κ3) is 3.45. The fourth-order valence-electron chi connectivity index (χ4n) is 3.80. The summed E-state index contributed by atoms with van der Waals surface area (Å²) in [6, 6.07) is 16.1. The van der Waals surface area contributed by atoms with E-state index >= 15 is 0 Å². The lowest BCUT2D eigenvalue weighted by molar-refractivity contribution is 0.511. The zero-order valence-corrected chi connectivity index (χ0v) is 17.4. The Kier molecular flexibility index (Phi) is 4.96. The van der Waals surface area contributed by atoms with Crippen LogP contribution in [0.15, 0.2) is 52.9 Å². The molecule has 8 heteroatoms. The van der Waals surface area contributed by atoms with Crippen LogP contribution in [0, 0.1) is 0 Å². The van der Waals surface area contributed by atoms with Crippen LogP contribution in [0.5, 0.6) is 0 Å². The second-order valence-corrected chi connectivity index (χ2v) is 7.66. The molecule has 4 aromatic rings. The molecule has 0 unspecified atom stereocenters. The first-order chi connectivity index (χ1) is 14.7. The molecular weight excluding hydrogens is 400 g/mol. The summed E-state index contributed by atoms with van der Waals surface area (Å²) in [5.41, 5.74) is 1.81. The summed E-state index contributed by atoms with van der Waals surface area (Å²) in [5.74, 6) is 1.90. The molecule has 7 nitrogen and oxygen atoms in total. The molecule has 0 aliphatic carbocycles. The van der Waals surface area contributed by atoms with E-state index in [2.05, 4.69) is 48.4 Å². The van der Waals surface area contributed by atoms with Crippen molar-refractivity contribution in [1.82, 2.24) is 20.4 Å². The molecular formula is C22H21ClN6O. The van der Waals surface area contributed by atoms with Gasteiger partial charge in [-0.1, -0.05) is 42.8 Å². The van der Waals surface area contributed by atoms with Crippen molar-refractivity contribution in [3.05, 3.63) is 59.4 Å². The molecule has 152 valence electrons. The van der Waals surface area contributed by atoms with Crippen molar-refractivity contribution in [2.24, 2.45) is 0 Å². The van der Waals surface area contributed by atoms with E-state index in [4.69, 9.17) is 16.0 Å². The first kappa shape index (κ1) is 18.8. The fourth-order valence-corrected chi connectivity index (χ4v) is 3.93. The van der Waals surface area contributed by atoms with Gasteiger partial charge in [0, 0.05) is 54.1 Å². The van der Waals surface area contributed by atoms with Crippen LogP contribution >= 0.6 is 11.6 Å². The predicted molar refractivity (Wildman–Crippen MR) is 118 cm³/mol. The smallest absolute Gasteiger partial charge is 0.268 e. The van der Waals surface area contributed by atoms with E-state index in [9.17, 15) is 0 Å². The maximum Gasteiger partial charge on any atom is 0.268 e. The number of fused-ring (bicyclic) bond motifs is 1. The standard InChI is InChI=1S/C22H21ClN6O/c1-2-19-24-27-22(30-19)20-17-5-3-4-6-18(17)21(26-25-20)29-13-11-28(12-14-29)16-9-7-15(23)8-10-16/h3-10H,2,11-14H2,1H3. The topological polar surface area (TPSA) is 71.2 Å². The van der Waals surface area contributed by atoms with E-state index < -0.39 is 0 Å². The van der Waals surface area contributed by atoms with Crippen molar-refractivity contribution in [2.45, 2.75) is 13.3 Å². The average molecular weight is 421 g/mol. The number of halogens is 1. The lowest BCUT2D eigenvalue weighted by Crippen LogP contribution is -2.47. The molecule has 1 saturated heterocycles. The molecule has 0 spiro atoms. The number of hydrogen-bond acceptors (Lipinski definition) is 7. The van der Waals surface area contributed by atoms with Gasteiger partial charge in [-0.3, -0.25) is 0 Å². The quantitative estimate of drug-likeness (QED) is 0.489. The molecule has 0 bridgehead atoms. The Bertz CT molecular complexity index is 1170. The SMILES string of the molecule is CCc1nnc(-c2nnc(N3CCN(c4ccc(Cl)cc4)CC3)c3ccccc23)o1. The molecule has 0 N–H and O–H groups in total. The highest BCUT2D eigenvalue weighted by atomic mass is 35.5. The third-order valence-electron chi connectivity index (χ3n) is 5.41. The number of aryl methyl sites for hydroxylation is 1. The molecule has 3 heterocycles. The van der Waals surface area contributed by atoms with Gasteiger partial charge >= 0.3 is 0 Å². The van der Waals surface area contributed by atoms with Crippen LogP contribution in [0.2, 0.25) is 5.02 Å². The number of rotatable bonds is 4. The van der Waals surface area contributed by atoms with E-state index in [1.165, 1.54) is 5.69 Å². The van der Waals surface area contributed by atoms with Gasteiger partial charge < -0.3 is 14.2 Å². The monoisotopic (exact) mass is 420 g/mol. The summed E-state index contributed by atoms with van der Waals surface area (Å²) in [6.45, 7) is 5.52. The van der Waals surface area contributed by atoms with Gasteiger partial charge in [0.05, 0.1) is 0 Å². The summed E-state index contributed by atoms with van der Waals surface area (Å²) < 4.78 is 5.73. The fraction of sp³-hybridized carbons (Fsp3) is 0.273. The largest absolute Gasteiger partial charge is 0.419 e. The van der Waals surface area contributed by atoms with Crippen LogP contribution in [0.4, 0.5) is 11.5 Å². The van der Waals surface area contributed by atoms with Gasteiger partial charge in [0.25, 0.3) is 5.89 Å². The summed E-state index contributed by atoms with van der Waals surface area (Å²) in [4.78, 5) is 4.65. The minimum atomic E-state index is 0.412. The van der Waals surface area contributed by atoms with Crippen LogP contribution in [-0.4, -0.2) is 46.6 Å². The van der Waals surface area contributed by atoms with Gasteiger partial charge in [-0.05, 0) is 24.3 Å². The van der Waals surface area contributed by atoms with E-state index in [0.717, 1.165) is 47.8 Å². The second-order valence-electron chi connectivity index (χ2n) is 7.22. The van der Waals surface area contributed by atoms with E-state index in [-0.39, 0.29) is 0 Å². The van der Waals surface area contributed by atoms with Gasteiger partial charge in [0.2, 0.25) is 5.89 Å². The lowest BCUT2D eigenvalue weighted by atomic mass is 10.1. The highest BCUT2D eigenvalue weighted by Crippen LogP contribution is 2.31. The number of nitrogens with zero attached hydrogens (tertiary/aromatic N) is 6. The van der Waals surface area contributed by atoms with Crippen LogP contribution < -0.4 is 9.80 Å². The molecule has 0 saturated carbocycles. The molecule has 5 rings (SSSR count). The number of aromatic nitrogens is 4. The van der Waals surface area contributed by atoms with E-state index in [1.807, 2.05) is 37.3 Å². The predicted octanol–water partition coefficient (Wildman–Crippen LogP) is 4.22. The van der Waals surface area contributed by atoms with Gasteiger partial charge in [0.1, 0.15) is 0 Å².